The van der Waals surface area contributed by atoms with Crippen LogP contribution >= 0.6 is 11.6 Å². The van der Waals surface area contributed by atoms with Gasteiger partial charge < -0.3 is 23.9 Å². The van der Waals surface area contributed by atoms with Crippen molar-refractivity contribution in [2.24, 2.45) is 0 Å². The van der Waals surface area contributed by atoms with Crippen LogP contribution in [0.15, 0.2) is 65.8 Å². The van der Waals surface area contributed by atoms with E-state index < -0.39 is 0 Å². The molecule has 1 unspecified atom stereocenters. The number of hydrogen-bond acceptors (Lipinski definition) is 5. The largest absolute Gasteiger partial charge is 0.382 e. The van der Waals surface area contributed by atoms with Gasteiger partial charge in [-0.15, -0.1) is 0 Å². The second-order valence-electron chi connectivity index (χ2n) is 8.08. The molecule has 4 heterocycles. The van der Waals surface area contributed by atoms with Crippen molar-refractivity contribution in [3.05, 3.63) is 82.0 Å². The van der Waals surface area contributed by atoms with Gasteiger partial charge in [-0.2, -0.15) is 0 Å². The van der Waals surface area contributed by atoms with Crippen molar-refractivity contribution in [1.29, 1.82) is 0 Å². The first-order chi connectivity index (χ1) is 16.1. The van der Waals surface area contributed by atoms with Crippen molar-refractivity contribution in [3.8, 4) is 11.1 Å². The molecule has 170 valence electrons. The first kappa shape index (κ1) is 21.7. The molecule has 1 N–H and O–H groups in total. The highest BCUT2D eigenvalue weighted by Crippen LogP contribution is 2.30. The van der Waals surface area contributed by atoms with E-state index in [9.17, 15) is 4.79 Å². The van der Waals surface area contributed by atoms with Crippen molar-refractivity contribution in [2.75, 3.05) is 44.9 Å². The Morgan fingerprint density at radius 2 is 2.06 bits per heavy atom. The van der Waals surface area contributed by atoms with Gasteiger partial charge in [0.25, 0.3) is 5.56 Å². The van der Waals surface area contributed by atoms with Crippen molar-refractivity contribution < 1.29 is 9.47 Å². The minimum absolute atomic E-state index is 0.110. The topological polar surface area (TPSA) is 72.4 Å². The molecule has 0 radical (unpaired) electrons. The van der Waals surface area contributed by atoms with E-state index in [0.29, 0.717) is 24.8 Å². The number of methoxy groups -OCH3 is 1. The Hall–Kier alpha value is -3.13. The number of aromatic nitrogens is 3. The number of rotatable bonds is 6. The zero-order chi connectivity index (χ0) is 22.8. The Balaban J connectivity index is 1.51. The number of nitrogens with one attached hydrogen (secondary N) is 1. The number of nitrogens with zero attached hydrogens (tertiary/aromatic N) is 3. The summed E-state index contributed by atoms with van der Waals surface area (Å²) in [4.78, 5) is 23.3. The number of fused-ring (bicyclic) bond motifs is 1. The van der Waals surface area contributed by atoms with Gasteiger partial charge in [-0.25, -0.2) is 4.98 Å². The second kappa shape index (κ2) is 9.39. The lowest BCUT2D eigenvalue weighted by Crippen LogP contribution is -2.36. The number of benzene rings is 1. The molecular weight excluding hydrogens is 440 g/mol. The minimum Gasteiger partial charge on any atom is -0.382 e. The molecule has 0 saturated carbocycles. The standard InChI is InChI=1S/C25H25ClN4O3/c1-32-16-23(18-3-2-4-19(26)11-18)30-6-5-17(12-24(30)31)22-15-28-25-21(22)13-20(14-27-25)29-7-9-33-10-8-29/h2-6,11-15,23H,7-10,16H2,1H3,(H,27,28). The van der Waals surface area contributed by atoms with Gasteiger partial charge in [-0.3, -0.25) is 4.79 Å². The fourth-order valence-electron chi connectivity index (χ4n) is 4.35. The van der Waals surface area contributed by atoms with Gasteiger partial charge in [0.15, 0.2) is 0 Å². The fraction of sp³-hybridized carbons (Fsp3) is 0.280. The predicted molar refractivity (Wildman–Crippen MR) is 130 cm³/mol. The lowest BCUT2D eigenvalue weighted by molar-refractivity contribution is 0.122. The summed E-state index contributed by atoms with van der Waals surface area (Å²) in [6, 6.07) is 13.0. The van der Waals surface area contributed by atoms with E-state index in [-0.39, 0.29) is 11.6 Å². The number of anilines is 1. The lowest BCUT2D eigenvalue weighted by Gasteiger charge is -2.28. The van der Waals surface area contributed by atoms with Gasteiger partial charge in [0.2, 0.25) is 0 Å². The number of ether oxygens (including phenoxy) is 2. The van der Waals surface area contributed by atoms with Crippen LogP contribution in [0, 0.1) is 0 Å². The molecule has 0 aliphatic carbocycles. The summed E-state index contributed by atoms with van der Waals surface area (Å²) in [5.74, 6) is 0. The monoisotopic (exact) mass is 464 g/mol. The van der Waals surface area contributed by atoms with E-state index in [4.69, 9.17) is 21.1 Å². The van der Waals surface area contributed by atoms with Gasteiger partial charge >= 0.3 is 0 Å². The highest BCUT2D eigenvalue weighted by atomic mass is 35.5. The Morgan fingerprint density at radius 1 is 1.21 bits per heavy atom. The summed E-state index contributed by atoms with van der Waals surface area (Å²) in [5.41, 5.74) is 4.45. The van der Waals surface area contributed by atoms with Crippen LogP contribution in [0.5, 0.6) is 0 Å². The first-order valence-electron chi connectivity index (χ1n) is 10.9. The lowest BCUT2D eigenvalue weighted by atomic mass is 10.0. The molecule has 1 aliphatic heterocycles. The molecular formula is C25H25ClN4O3. The zero-order valence-electron chi connectivity index (χ0n) is 18.3. The summed E-state index contributed by atoms with van der Waals surface area (Å²) in [6.45, 7) is 3.47. The molecule has 1 aromatic carbocycles. The number of pyridine rings is 2. The van der Waals surface area contributed by atoms with Crippen LogP contribution in [-0.2, 0) is 9.47 Å². The number of morpholine rings is 1. The van der Waals surface area contributed by atoms with Gasteiger partial charge in [0, 0.05) is 54.6 Å². The highest BCUT2D eigenvalue weighted by molar-refractivity contribution is 6.30. The molecule has 8 heteroatoms. The molecule has 3 aromatic heterocycles. The zero-order valence-corrected chi connectivity index (χ0v) is 19.1. The van der Waals surface area contributed by atoms with Gasteiger partial charge in [0.1, 0.15) is 5.65 Å². The van der Waals surface area contributed by atoms with E-state index >= 15 is 0 Å². The minimum atomic E-state index is -0.271. The molecule has 0 spiro atoms. The van der Waals surface area contributed by atoms with Crippen LogP contribution in [0.4, 0.5) is 5.69 Å². The van der Waals surface area contributed by atoms with Crippen molar-refractivity contribution in [2.45, 2.75) is 6.04 Å². The Labute approximate surface area is 196 Å². The van der Waals surface area contributed by atoms with Crippen molar-refractivity contribution in [3.63, 3.8) is 0 Å². The third-order valence-electron chi connectivity index (χ3n) is 6.05. The van der Waals surface area contributed by atoms with E-state index in [2.05, 4.69) is 20.9 Å². The van der Waals surface area contributed by atoms with Crippen LogP contribution in [0.1, 0.15) is 11.6 Å². The smallest absolute Gasteiger partial charge is 0.251 e. The third-order valence-corrected chi connectivity index (χ3v) is 6.28. The van der Waals surface area contributed by atoms with Crippen LogP contribution in [0.2, 0.25) is 5.02 Å². The molecule has 1 atom stereocenters. The Bertz CT molecular complexity index is 1330. The SMILES string of the molecule is COCC(c1cccc(Cl)c1)n1ccc(-c2c[nH]c3ncc(N4CCOCC4)cc23)cc1=O. The quantitative estimate of drug-likeness (QED) is 0.464. The fourth-order valence-corrected chi connectivity index (χ4v) is 4.55. The van der Waals surface area contributed by atoms with E-state index in [1.165, 1.54) is 0 Å². The van der Waals surface area contributed by atoms with Gasteiger partial charge in [0.05, 0.1) is 37.7 Å². The molecule has 0 bridgehead atoms. The molecule has 0 amide bonds. The average molecular weight is 465 g/mol. The number of H-pyrrole nitrogens is 1. The Kier molecular flexibility index (Phi) is 6.17. The summed E-state index contributed by atoms with van der Waals surface area (Å²) < 4.78 is 12.6. The molecule has 1 saturated heterocycles. The molecule has 7 nitrogen and oxygen atoms in total. The molecule has 33 heavy (non-hydrogen) atoms. The van der Waals surface area contributed by atoms with Gasteiger partial charge in [-0.05, 0) is 35.4 Å². The number of hydrogen-bond donors (Lipinski definition) is 1. The summed E-state index contributed by atoms with van der Waals surface area (Å²) in [7, 11) is 1.63. The average Bonchev–Trinajstić information content (AvgIpc) is 3.27. The molecule has 1 aliphatic rings. The second-order valence-corrected chi connectivity index (χ2v) is 8.51. The van der Waals surface area contributed by atoms with Crippen molar-refractivity contribution in [1.82, 2.24) is 14.5 Å². The molecule has 5 rings (SSSR count). The van der Waals surface area contributed by atoms with Crippen LogP contribution < -0.4 is 10.5 Å². The van der Waals surface area contributed by atoms with Crippen molar-refractivity contribution >= 4 is 28.3 Å². The summed E-state index contributed by atoms with van der Waals surface area (Å²) >= 11 is 6.19. The number of halogens is 1. The Morgan fingerprint density at radius 3 is 2.82 bits per heavy atom. The predicted octanol–water partition coefficient (Wildman–Crippen LogP) is 4.12. The highest BCUT2D eigenvalue weighted by Gasteiger charge is 2.18. The number of aromatic amines is 1. The van der Waals surface area contributed by atoms with E-state index in [1.54, 1.807) is 17.7 Å². The van der Waals surface area contributed by atoms with E-state index in [1.807, 2.05) is 48.9 Å². The maximum absolute atomic E-state index is 13.2. The molecule has 4 aromatic rings. The van der Waals surface area contributed by atoms with Crippen LogP contribution in [0.3, 0.4) is 0 Å². The summed E-state index contributed by atoms with van der Waals surface area (Å²) in [6.07, 6.45) is 5.61. The maximum Gasteiger partial charge on any atom is 0.251 e. The summed E-state index contributed by atoms with van der Waals surface area (Å²) in [5, 5.41) is 1.61. The normalized spacial score (nSPS) is 15.2. The van der Waals surface area contributed by atoms with Crippen LogP contribution in [-0.4, -0.2) is 54.6 Å². The first-order valence-corrected chi connectivity index (χ1v) is 11.3. The van der Waals surface area contributed by atoms with Gasteiger partial charge in [-0.1, -0.05) is 23.7 Å². The maximum atomic E-state index is 13.2. The van der Waals surface area contributed by atoms with Crippen LogP contribution in [0.25, 0.3) is 22.2 Å². The third kappa shape index (κ3) is 4.39. The van der Waals surface area contributed by atoms with E-state index in [0.717, 1.165) is 46.5 Å². The molecule has 1 fully saturated rings.